The molecule has 0 saturated heterocycles. The van der Waals surface area contributed by atoms with Gasteiger partial charge in [-0.3, -0.25) is 9.59 Å². The van der Waals surface area contributed by atoms with E-state index in [4.69, 9.17) is 9.47 Å². The van der Waals surface area contributed by atoms with Gasteiger partial charge in [0.15, 0.2) is 0 Å². The van der Waals surface area contributed by atoms with Crippen LogP contribution in [0.3, 0.4) is 0 Å². The van der Waals surface area contributed by atoms with Gasteiger partial charge in [0.1, 0.15) is 18.0 Å². The number of ketones is 1. The van der Waals surface area contributed by atoms with Gasteiger partial charge in [0.05, 0.1) is 0 Å². The molecular formula is C28H39NO5. The molecule has 2 unspecified atom stereocenters. The van der Waals surface area contributed by atoms with Crippen molar-refractivity contribution in [3.63, 3.8) is 0 Å². The maximum atomic E-state index is 13.0. The Kier molecular flexibility index (Phi) is 5.26. The van der Waals surface area contributed by atoms with Crippen LogP contribution in [0.25, 0.3) is 0 Å². The predicted molar refractivity (Wildman–Crippen MR) is 128 cm³/mol. The first-order chi connectivity index (χ1) is 15.8. The Bertz CT molecular complexity index is 1010. The van der Waals surface area contributed by atoms with Crippen molar-refractivity contribution in [3.05, 3.63) is 23.3 Å². The Balaban J connectivity index is 1.66. The summed E-state index contributed by atoms with van der Waals surface area (Å²) in [6, 6.07) is 0. The number of hydrogen-bond acceptors (Lipinski definition) is 6. The minimum atomic E-state index is -0.495. The molecule has 5 aliphatic rings. The first kappa shape index (κ1) is 23.8. The lowest BCUT2D eigenvalue weighted by Crippen LogP contribution is -2.67. The van der Waals surface area contributed by atoms with E-state index in [9.17, 15) is 14.4 Å². The van der Waals surface area contributed by atoms with Crippen molar-refractivity contribution < 1.29 is 23.9 Å². The molecule has 2 aliphatic heterocycles. The maximum Gasteiger partial charge on any atom is 0.331 e. The average molecular weight is 470 g/mol. The van der Waals surface area contributed by atoms with E-state index < -0.39 is 10.8 Å². The molecule has 5 rings (SSSR count). The third-order valence-corrected chi connectivity index (χ3v) is 10.6. The van der Waals surface area contributed by atoms with Crippen LogP contribution in [-0.4, -0.2) is 43.0 Å². The number of esters is 2. The minimum Gasteiger partial charge on any atom is -0.462 e. The molecule has 0 aromatic heterocycles. The number of nitrogens with one attached hydrogen (secondary N) is 1. The quantitative estimate of drug-likeness (QED) is 0.484. The largest absolute Gasteiger partial charge is 0.462 e. The Labute approximate surface area is 202 Å². The number of cyclic esters (lactones) is 1. The van der Waals surface area contributed by atoms with E-state index in [0.717, 1.165) is 43.5 Å². The molecule has 7 atom stereocenters. The number of carbonyl (C=O) groups is 3. The SMILES string of the molecule is CC(=O)O[C@@H]1CC2C(C)(C)C(=O)CC[C@]2(C)C2CC[C@]3(C)C(=CC(=O)O[C@H]3C3=CCNC3)[C@@]21C. The smallest absolute Gasteiger partial charge is 0.331 e. The first-order valence-electron chi connectivity index (χ1n) is 12.9. The second kappa shape index (κ2) is 7.52. The standard InChI is InChI=1S/C28H39NO5/c1-16(30)33-22-13-19-25(2,3)21(31)8-11-26(19,4)18-7-10-27(5)20(28(18,22)6)14-23(32)34-24(27)17-9-12-29-15-17/h9,14,18-19,22,24,29H,7-8,10-13,15H2,1-6H3/t18?,19?,22-,24+,26-,27-,28-/m1/s1. The van der Waals surface area contributed by atoms with Crippen LogP contribution >= 0.6 is 0 Å². The summed E-state index contributed by atoms with van der Waals surface area (Å²) in [5.74, 6) is 0.0277. The number of Topliss-reactive ketones (excluding diaryl/α,β-unsaturated/α-hetero) is 1. The predicted octanol–water partition coefficient (Wildman–Crippen LogP) is 4.14. The van der Waals surface area contributed by atoms with Crippen molar-refractivity contribution >= 4 is 17.7 Å². The van der Waals surface area contributed by atoms with E-state index in [1.54, 1.807) is 6.08 Å². The van der Waals surface area contributed by atoms with Crippen LogP contribution in [0.15, 0.2) is 23.3 Å². The van der Waals surface area contributed by atoms with Gasteiger partial charge in [0.2, 0.25) is 0 Å². The highest BCUT2D eigenvalue weighted by Crippen LogP contribution is 2.71. The fraction of sp³-hybridized carbons (Fsp3) is 0.750. The lowest BCUT2D eigenvalue weighted by Gasteiger charge is -2.68. The minimum absolute atomic E-state index is 0.0734. The molecule has 0 bridgehead atoms. The lowest BCUT2D eigenvalue weighted by atomic mass is 9.37. The summed E-state index contributed by atoms with van der Waals surface area (Å²) in [7, 11) is 0. The van der Waals surface area contributed by atoms with Gasteiger partial charge in [-0.2, -0.15) is 0 Å². The maximum absolute atomic E-state index is 13.0. The summed E-state index contributed by atoms with van der Waals surface area (Å²) in [4.78, 5) is 38.3. The summed E-state index contributed by atoms with van der Waals surface area (Å²) < 4.78 is 12.1. The molecule has 0 aromatic carbocycles. The number of fused-ring (bicyclic) bond motifs is 5. The van der Waals surface area contributed by atoms with Crippen LogP contribution < -0.4 is 5.32 Å². The molecule has 186 valence electrons. The van der Waals surface area contributed by atoms with Crippen LogP contribution in [0.5, 0.6) is 0 Å². The van der Waals surface area contributed by atoms with Crippen molar-refractivity contribution in [2.24, 2.45) is 33.5 Å². The van der Waals surface area contributed by atoms with Crippen molar-refractivity contribution in [3.8, 4) is 0 Å². The van der Waals surface area contributed by atoms with Gasteiger partial charge in [-0.25, -0.2) is 4.79 Å². The van der Waals surface area contributed by atoms with E-state index in [-0.39, 0.29) is 46.8 Å². The van der Waals surface area contributed by atoms with Gasteiger partial charge in [0, 0.05) is 48.8 Å². The van der Waals surface area contributed by atoms with E-state index in [1.807, 2.05) is 0 Å². The highest BCUT2D eigenvalue weighted by atomic mass is 16.5. The van der Waals surface area contributed by atoms with E-state index in [1.165, 1.54) is 6.92 Å². The van der Waals surface area contributed by atoms with Crippen molar-refractivity contribution in [1.29, 1.82) is 0 Å². The van der Waals surface area contributed by atoms with Crippen LogP contribution in [-0.2, 0) is 23.9 Å². The van der Waals surface area contributed by atoms with Crippen molar-refractivity contribution in [2.75, 3.05) is 13.1 Å². The Morgan fingerprint density at radius 2 is 1.85 bits per heavy atom. The summed E-state index contributed by atoms with van der Waals surface area (Å²) in [6.45, 7) is 13.9. The normalized spacial score (nSPS) is 45.2. The van der Waals surface area contributed by atoms with Gasteiger partial charge >= 0.3 is 11.9 Å². The van der Waals surface area contributed by atoms with Gasteiger partial charge < -0.3 is 14.8 Å². The van der Waals surface area contributed by atoms with Gasteiger partial charge in [-0.1, -0.05) is 40.7 Å². The second-order valence-electron chi connectivity index (χ2n) is 12.6. The van der Waals surface area contributed by atoms with Crippen molar-refractivity contribution in [1.82, 2.24) is 5.32 Å². The Morgan fingerprint density at radius 1 is 1.12 bits per heavy atom. The molecule has 0 amide bonds. The molecule has 0 radical (unpaired) electrons. The van der Waals surface area contributed by atoms with Gasteiger partial charge in [-0.05, 0) is 54.1 Å². The fourth-order valence-electron chi connectivity index (χ4n) is 8.97. The summed E-state index contributed by atoms with van der Waals surface area (Å²) in [6.07, 6.45) is 7.10. The summed E-state index contributed by atoms with van der Waals surface area (Å²) in [5.41, 5.74) is 0.831. The van der Waals surface area contributed by atoms with Gasteiger partial charge in [-0.15, -0.1) is 0 Å². The molecule has 0 aromatic rings. The third-order valence-electron chi connectivity index (χ3n) is 10.6. The number of hydrogen-bond donors (Lipinski definition) is 1. The molecule has 6 nitrogen and oxygen atoms in total. The molecule has 3 fully saturated rings. The highest BCUT2D eigenvalue weighted by molar-refractivity contribution is 5.86. The average Bonchev–Trinajstić information content (AvgIpc) is 3.28. The number of ether oxygens (including phenoxy) is 2. The molecule has 34 heavy (non-hydrogen) atoms. The summed E-state index contributed by atoms with van der Waals surface area (Å²) >= 11 is 0. The van der Waals surface area contributed by atoms with Crippen LogP contribution in [0.2, 0.25) is 0 Å². The highest BCUT2D eigenvalue weighted by Gasteiger charge is 2.69. The zero-order chi connectivity index (χ0) is 24.7. The van der Waals surface area contributed by atoms with Crippen molar-refractivity contribution in [2.45, 2.75) is 85.9 Å². The Hall–Kier alpha value is -1.95. The Morgan fingerprint density at radius 3 is 2.50 bits per heavy atom. The third kappa shape index (κ3) is 3.06. The van der Waals surface area contributed by atoms with Crippen LogP contribution in [0, 0.1) is 33.5 Å². The molecule has 3 aliphatic carbocycles. The number of rotatable bonds is 2. The van der Waals surface area contributed by atoms with Gasteiger partial charge in [0.25, 0.3) is 0 Å². The molecular weight excluding hydrogens is 430 g/mol. The second-order valence-corrected chi connectivity index (χ2v) is 12.6. The first-order valence-corrected chi connectivity index (χ1v) is 12.9. The van der Waals surface area contributed by atoms with Crippen LogP contribution in [0.1, 0.15) is 73.6 Å². The molecule has 6 heteroatoms. The zero-order valence-corrected chi connectivity index (χ0v) is 21.5. The monoisotopic (exact) mass is 469 g/mol. The van der Waals surface area contributed by atoms with Crippen LogP contribution in [0.4, 0.5) is 0 Å². The van der Waals surface area contributed by atoms with E-state index in [0.29, 0.717) is 18.6 Å². The molecule has 1 N–H and O–H groups in total. The van der Waals surface area contributed by atoms with E-state index in [2.05, 4.69) is 46.0 Å². The van der Waals surface area contributed by atoms with E-state index >= 15 is 0 Å². The molecule has 0 spiro atoms. The fourth-order valence-corrected chi connectivity index (χ4v) is 8.97. The molecule has 3 saturated carbocycles. The zero-order valence-electron chi connectivity index (χ0n) is 21.5. The number of carbonyl (C=O) groups excluding carboxylic acids is 3. The summed E-state index contributed by atoms with van der Waals surface area (Å²) in [5, 5.41) is 3.35. The lowest BCUT2D eigenvalue weighted by molar-refractivity contribution is -0.209. The topological polar surface area (TPSA) is 81.7 Å². The molecule has 2 heterocycles.